The Morgan fingerprint density at radius 2 is 1.88 bits per heavy atom. The zero-order chi connectivity index (χ0) is 18.5. The van der Waals surface area contributed by atoms with E-state index < -0.39 is 0 Å². The predicted molar refractivity (Wildman–Crippen MR) is 99.5 cm³/mol. The lowest BCUT2D eigenvalue weighted by atomic mass is 10.2. The minimum Gasteiger partial charge on any atom is -0.311 e. The average molecular weight is 343 g/mol. The standard InChI is InChI=1S/C18H25N5O2/c1-7-9-10-21-16(24)14-15(20(6)18(21)25)19-17-22(11(3)8-2)12(4)13(5)23(14)17/h7,9,11H,8,10H2,1-6H3/b9-7+. The minimum absolute atomic E-state index is 0.259. The summed E-state index contributed by atoms with van der Waals surface area (Å²) in [6, 6.07) is 0.260. The molecule has 3 aromatic heterocycles. The average Bonchev–Trinajstić information content (AvgIpc) is 3.09. The summed E-state index contributed by atoms with van der Waals surface area (Å²) in [4.78, 5) is 30.3. The van der Waals surface area contributed by atoms with E-state index in [1.54, 1.807) is 13.1 Å². The van der Waals surface area contributed by atoms with Crippen molar-refractivity contribution in [2.75, 3.05) is 0 Å². The minimum atomic E-state index is -0.346. The van der Waals surface area contributed by atoms with E-state index in [0.717, 1.165) is 23.6 Å². The Bertz CT molecular complexity index is 1110. The van der Waals surface area contributed by atoms with Crippen LogP contribution in [0.15, 0.2) is 21.7 Å². The van der Waals surface area contributed by atoms with Crippen LogP contribution in [-0.2, 0) is 13.6 Å². The number of aromatic nitrogens is 5. The second-order valence-electron chi connectivity index (χ2n) is 6.54. The molecule has 1 unspecified atom stereocenters. The molecule has 134 valence electrons. The molecule has 0 aliphatic carbocycles. The predicted octanol–water partition coefficient (Wildman–Crippen LogP) is 2.31. The van der Waals surface area contributed by atoms with Crippen molar-refractivity contribution >= 4 is 16.9 Å². The van der Waals surface area contributed by atoms with Gasteiger partial charge in [0.2, 0.25) is 5.78 Å². The summed E-state index contributed by atoms with van der Waals surface area (Å²) in [7, 11) is 1.67. The van der Waals surface area contributed by atoms with Crippen LogP contribution < -0.4 is 11.2 Å². The fraction of sp³-hybridized carbons (Fsp3) is 0.500. The zero-order valence-electron chi connectivity index (χ0n) is 15.7. The normalized spacial score (nSPS) is 13.5. The molecule has 7 heteroatoms. The first-order valence-electron chi connectivity index (χ1n) is 8.65. The number of nitrogens with zero attached hydrogens (tertiary/aromatic N) is 5. The van der Waals surface area contributed by atoms with Crippen LogP contribution in [0, 0.1) is 13.8 Å². The number of hydrogen-bond donors (Lipinski definition) is 0. The van der Waals surface area contributed by atoms with Gasteiger partial charge in [0.15, 0.2) is 11.2 Å². The van der Waals surface area contributed by atoms with E-state index in [1.807, 2.05) is 31.2 Å². The summed E-state index contributed by atoms with van der Waals surface area (Å²) < 4.78 is 6.76. The number of allylic oxidation sites excluding steroid dienone is 2. The molecule has 3 heterocycles. The fourth-order valence-corrected chi connectivity index (χ4v) is 3.36. The van der Waals surface area contributed by atoms with Gasteiger partial charge in [-0.3, -0.25) is 18.3 Å². The van der Waals surface area contributed by atoms with Gasteiger partial charge in [-0.25, -0.2) is 4.79 Å². The van der Waals surface area contributed by atoms with Gasteiger partial charge >= 0.3 is 5.69 Å². The number of imidazole rings is 2. The number of aryl methyl sites for hydroxylation is 2. The van der Waals surface area contributed by atoms with Crippen molar-refractivity contribution < 1.29 is 0 Å². The lowest BCUT2D eigenvalue weighted by molar-refractivity contribution is 0.532. The van der Waals surface area contributed by atoms with Crippen molar-refractivity contribution in [1.29, 1.82) is 0 Å². The first kappa shape index (κ1) is 17.3. The van der Waals surface area contributed by atoms with Gasteiger partial charge in [-0.2, -0.15) is 4.98 Å². The molecule has 0 radical (unpaired) electrons. The van der Waals surface area contributed by atoms with Crippen molar-refractivity contribution in [3.8, 4) is 0 Å². The van der Waals surface area contributed by atoms with Gasteiger partial charge in [0.25, 0.3) is 5.56 Å². The highest BCUT2D eigenvalue weighted by Gasteiger charge is 2.23. The fourth-order valence-electron chi connectivity index (χ4n) is 3.36. The Kier molecular flexibility index (Phi) is 4.18. The van der Waals surface area contributed by atoms with Crippen molar-refractivity contribution in [2.45, 2.75) is 53.6 Å². The van der Waals surface area contributed by atoms with Crippen molar-refractivity contribution in [1.82, 2.24) is 23.1 Å². The summed E-state index contributed by atoms with van der Waals surface area (Å²) >= 11 is 0. The van der Waals surface area contributed by atoms with Crippen LogP contribution in [0.25, 0.3) is 16.9 Å². The summed E-state index contributed by atoms with van der Waals surface area (Å²) in [6.45, 7) is 10.4. The van der Waals surface area contributed by atoms with E-state index in [9.17, 15) is 9.59 Å². The van der Waals surface area contributed by atoms with E-state index in [1.165, 1.54) is 9.13 Å². The Labute approximate surface area is 145 Å². The molecule has 1 atom stereocenters. The third kappa shape index (κ3) is 2.29. The molecule has 0 saturated heterocycles. The Balaban J connectivity index is 2.53. The first-order valence-corrected chi connectivity index (χ1v) is 8.65. The van der Waals surface area contributed by atoms with Gasteiger partial charge in [-0.15, -0.1) is 0 Å². The van der Waals surface area contributed by atoms with E-state index in [-0.39, 0.29) is 23.8 Å². The van der Waals surface area contributed by atoms with Crippen LogP contribution in [0.4, 0.5) is 0 Å². The molecule has 0 aliphatic rings. The van der Waals surface area contributed by atoms with E-state index in [0.29, 0.717) is 11.2 Å². The largest absolute Gasteiger partial charge is 0.332 e. The highest BCUT2D eigenvalue weighted by molar-refractivity contribution is 5.76. The molecule has 0 saturated carbocycles. The molecule has 0 N–H and O–H groups in total. The third-order valence-electron chi connectivity index (χ3n) is 5.12. The van der Waals surface area contributed by atoms with Crippen LogP contribution in [-0.4, -0.2) is 23.1 Å². The maximum absolute atomic E-state index is 13.0. The molecule has 3 aromatic rings. The molecule has 0 amide bonds. The smallest absolute Gasteiger partial charge is 0.311 e. The van der Waals surface area contributed by atoms with Gasteiger partial charge < -0.3 is 4.57 Å². The Hall–Kier alpha value is -2.57. The molecule has 25 heavy (non-hydrogen) atoms. The summed E-state index contributed by atoms with van der Waals surface area (Å²) in [5.41, 5.74) is 2.32. The molecule has 0 aliphatic heterocycles. The van der Waals surface area contributed by atoms with Crippen LogP contribution >= 0.6 is 0 Å². The van der Waals surface area contributed by atoms with Crippen LogP contribution in [0.3, 0.4) is 0 Å². The van der Waals surface area contributed by atoms with Crippen molar-refractivity contribution in [3.05, 3.63) is 44.4 Å². The number of rotatable bonds is 4. The van der Waals surface area contributed by atoms with Gasteiger partial charge in [0.05, 0.1) is 0 Å². The lowest BCUT2D eigenvalue weighted by Crippen LogP contribution is -2.39. The summed E-state index contributed by atoms with van der Waals surface area (Å²) in [5, 5.41) is 0. The lowest BCUT2D eigenvalue weighted by Gasteiger charge is -2.13. The number of hydrogen-bond acceptors (Lipinski definition) is 3. The Morgan fingerprint density at radius 1 is 1.20 bits per heavy atom. The van der Waals surface area contributed by atoms with Crippen molar-refractivity contribution in [3.63, 3.8) is 0 Å². The van der Waals surface area contributed by atoms with Crippen LogP contribution in [0.2, 0.25) is 0 Å². The topological polar surface area (TPSA) is 66.2 Å². The van der Waals surface area contributed by atoms with E-state index in [4.69, 9.17) is 0 Å². The van der Waals surface area contributed by atoms with Gasteiger partial charge in [-0.1, -0.05) is 19.1 Å². The van der Waals surface area contributed by atoms with E-state index >= 15 is 0 Å². The van der Waals surface area contributed by atoms with E-state index in [2.05, 4.69) is 23.4 Å². The first-order chi connectivity index (χ1) is 11.8. The van der Waals surface area contributed by atoms with Gasteiger partial charge in [0, 0.05) is 31.0 Å². The van der Waals surface area contributed by atoms with Crippen LogP contribution in [0.5, 0.6) is 0 Å². The van der Waals surface area contributed by atoms with Gasteiger partial charge in [0.1, 0.15) is 0 Å². The molecule has 0 bridgehead atoms. The third-order valence-corrected chi connectivity index (χ3v) is 5.12. The maximum Gasteiger partial charge on any atom is 0.332 e. The second-order valence-corrected chi connectivity index (χ2v) is 6.54. The Morgan fingerprint density at radius 3 is 2.48 bits per heavy atom. The molecule has 0 aromatic carbocycles. The molecule has 7 nitrogen and oxygen atoms in total. The molecular formula is C18H25N5O2. The quantitative estimate of drug-likeness (QED) is 0.683. The van der Waals surface area contributed by atoms with Crippen LogP contribution in [0.1, 0.15) is 44.6 Å². The summed E-state index contributed by atoms with van der Waals surface area (Å²) in [6.07, 6.45) is 4.59. The SMILES string of the molecule is C/C=C/Cn1c(=O)c2c(nc3n(C(C)CC)c(C)c(C)n23)n(C)c1=O. The van der Waals surface area contributed by atoms with Crippen molar-refractivity contribution in [2.24, 2.45) is 7.05 Å². The monoisotopic (exact) mass is 343 g/mol. The molecule has 0 fully saturated rings. The highest BCUT2D eigenvalue weighted by Crippen LogP contribution is 2.25. The maximum atomic E-state index is 13.0. The molecule has 3 rings (SSSR count). The van der Waals surface area contributed by atoms with Gasteiger partial charge in [-0.05, 0) is 34.1 Å². The number of fused-ring (bicyclic) bond motifs is 3. The zero-order valence-corrected chi connectivity index (χ0v) is 15.7. The molecular weight excluding hydrogens is 318 g/mol. The highest BCUT2D eigenvalue weighted by atomic mass is 16.2. The second kappa shape index (κ2) is 6.06. The molecule has 0 spiro atoms. The summed E-state index contributed by atoms with van der Waals surface area (Å²) in [5.74, 6) is 0.718.